The maximum atomic E-state index is 11.7. The first-order chi connectivity index (χ1) is 8.62. The molecule has 1 rings (SSSR count). The topological polar surface area (TPSA) is 67.6 Å². The van der Waals surface area contributed by atoms with Gasteiger partial charge in [0.15, 0.2) is 0 Å². The van der Waals surface area contributed by atoms with Crippen LogP contribution in [0.4, 0.5) is 10.5 Å². The number of hydrogen-bond acceptors (Lipinski definition) is 3. The number of nitrogens with two attached hydrogens (primary N) is 1. The van der Waals surface area contributed by atoms with Gasteiger partial charge < -0.3 is 20.7 Å². The number of carbonyl (C=O) groups is 1. The number of rotatable bonds is 5. The summed E-state index contributed by atoms with van der Waals surface area (Å²) < 4.78 is 5.45. The molecular formula is C13H21N3O2. The van der Waals surface area contributed by atoms with Gasteiger partial charge in [0.25, 0.3) is 0 Å². The fourth-order valence-corrected chi connectivity index (χ4v) is 1.48. The summed E-state index contributed by atoms with van der Waals surface area (Å²) in [5, 5.41) is 2.81. The molecule has 3 N–H and O–H groups in total. The van der Waals surface area contributed by atoms with E-state index < -0.39 is 0 Å². The molecule has 18 heavy (non-hydrogen) atoms. The lowest BCUT2D eigenvalue weighted by molar-refractivity contribution is 0.224. The van der Waals surface area contributed by atoms with Crippen LogP contribution in [0.25, 0.3) is 0 Å². The Morgan fingerprint density at radius 2 is 2.17 bits per heavy atom. The molecule has 0 saturated carbocycles. The van der Waals surface area contributed by atoms with Gasteiger partial charge >= 0.3 is 6.03 Å². The van der Waals surface area contributed by atoms with Crippen LogP contribution in [0.1, 0.15) is 19.4 Å². The average Bonchev–Trinajstić information content (AvgIpc) is 2.39. The van der Waals surface area contributed by atoms with Crippen molar-refractivity contribution in [3.05, 3.63) is 23.8 Å². The molecule has 5 heteroatoms. The van der Waals surface area contributed by atoms with Crippen LogP contribution in [-0.4, -0.2) is 31.1 Å². The first-order valence-electron chi connectivity index (χ1n) is 6.10. The van der Waals surface area contributed by atoms with E-state index in [1.807, 2.05) is 32.0 Å². The summed E-state index contributed by atoms with van der Waals surface area (Å²) in [6, 6.07) is 5.34. The molecule has 5 nitrogen and oxygen atoms in total. The lowest BCUT2D eigenvalue weighted by Gasteiger charge is -2.16. The zero-order valence-corrected chi connectivity index (χ0v) is 11.2. The largest absolute Gasteiger partial charge is 0.494 e. The van der Waals surface area contributed by atoms with Gasteiger partial charge in [-0.25, -0.2) is 4.79 Å². The van der Waals surface area contributed by atoms with Crippen molar-refractivity contribution in [1.82, 2.24) is 4.90 Å². The molecule has 100 valence electrons. The molecule has 0 aliphatic rings. The summed E-state index contributed by atoms with van der Waals surface area (Å²) in [4.78, 5) is 13.3. The van der Waals surface area contributed by atoms with Crippen molar-refractivity contribution in [2.45, 2.75) is 20.4 Å². The van der Waals surface area contributed by atoms with E-state index in [4.69, 9.17) is 10.5 Å². The van der Waals surface area contributed by atoms with Gasteiger partial charge in [-0.3, -0.25) is 0 Å². The van der Waals surface area contributed by atoms with Crippen molar-refractivity contribution >= 4 is 11.7 Å². The highest BCUT2D eigenvalue weighted by molar-refractivity contribution is 5.89. The highest BCUT2D eigenvalue weighted by Crippen LogP contribution is 2.22. The first kappa shape index (κ1) is 14.3. The van der Waals surface area contributed by atoms with Crippen LogP contribution in [0.15, 0.2) is 18.2 Å². The van der Waals surface area contributed by atoms with Gasteiger partial charge in [-0.05, 0) is 32.0 Å². The number of nitrogens with zero attached hydrogens (tertiary/aromatic N) is 1. The molecule has 0 heterocycles. The molecule has 0 saturated heterocycles. The van der Waals surface area contributed by atoms with E-state index in [1.165, 1.54) is 0 Å². The summed E-state index contributed by atoms with van der Waals surface area (Å²) in [5.74, 6) is 0.766. The van der Waals surface area contributed by atoms with E-state index in [2.05, 4.69) is 5.32 Å². The predicted octanol–water partition coefficient (Wildman–Crippen LogP) is 2.03. The number of amides is 2. The third-order valence-corrected chi connectivity index (χ3v) is 2.65. The molecule has 0 atom stereocenters. The number of urea groups is 1. The Morgan fingerprint density at radius 1 is 1.44 bits per heavy atom. The third kappa shape index (κ3) is 3.63. The van der Waals surface area contributed by atoms with Gasteiger partial charge in [0.05, 0.1) is 6.61 Å². The van der Waals surface area contributed by atoms with E-state index in [1.54, 1.807) is 11.9 Å². The number of carbonyl (C=O) groups excluding carboxylic acids is 1. The van der Waals surface area contributed by atoms with Gasteiger partial charge in [0.1, 0.15) is 5.75 Å². The van der Waals surface area contributed by atoms with Crippen molar-refractivity contribution in [1.29, 1.82) is 0 Å². The molecule has 1 aromatic rings. The van der Waals surface area contributed by atoms with Crippen LogP contribution in [0, 0.1) is 0 Å². The smallest absolute Gasteiger partial charge is 0.321 e. The van der Waals surface area contributed by atoms with Crippen LogP contribution in [0.2, 0.25) is 0 Å². The quantitative estimate of drug-likeness (QED) is 0.841. The maximum absolute atomic E-state index is 11.7. The van der Waals surface area contributed by atoms with Crippen LogP contribution < -0.4 is 15.8 Å². The van der Waals surface area contributed by atoms with Crippen molar-refractivity contribution in [3.8, 4) is 5.75 Å². The van der Waals surface area contributed by atoms with Crippen molar-refractivity contribution in [2.24, 2.45) is 5.73 Å². The Labute approximate surface area is 108 Å². The number of nitrogens with one attached hydrogen (secondary N) is 1. The summed E-state index contributed by atoms with van der Waals surface area (Å²) in [7, 11) is 1.74. The second kappa shape index (κ2) is 6.86. The van der Waals surface area contributed by atoms with Gasteiger partial charge in [0.2, 0.25) is 0 Å². The summed E-state index contributed by atoms with van der Waals surface area (Å²) in [6.07, 6.45) is 0. The minimum Gasteiger partial charge on any atom is -0.494 e. The van der Waals surface area contributed by atoms with Crippen molar-refractivity contribution < 1.29 is 9.53 Å². The SMILES string of the molecule is CCOc1ccc(NC(=O)N(C)CC)cc1CN. The maximum Gasteiger partial charge on any atom is 0.321 e. The Hall–Kier alpha value is -1.75. The predicted molar refractivity (Wildman–Crippen MR) is 72.8 cm³/mol. The van der Waals surface area contributed by atoms with E-state index >= 15 is 0 Å². The molecule has 0 aromatic heterocycles. The van der Waals surface area contributed by atoms with Crippen molar-refractivity contribution in [3.63, 3.8) is 0 Å². The summed E-state index contributed by atoms with van der Waals surface area (Å²) in [6.45, 7) is 5.47. The fraction of sp³-hybridized carbons (Fsp3) is 0.462. The van der Waals surface area contributed by atoms with E-state index in [-0.39, 0.29) is 6.03 Å². The van der Waals surface area contributed by atoms with Crippen LogP contribution in [0.3, 0.4) is 0 Å². The third-order valence-electron chi connectivity index (χ3n) is 2.65. The highest BCUT2D eigenvalue weighted by atomic mass is 16.5. The molecule has 1 aromatic carbocycles. The van der Waals surface area contributed by atoms with Gasteiger partial charge in [-0.15, -0.1) is 0 Å². The van der Waals surface area contributed by atoms with Gasteiger partial charge in [-0.1, -0.05) is 0 Å². The standard InChI is InChI=1S/C13H21N3O2/c1-4-16(3)13(17)15-11-6-7-12(18-5-2)10(8-11)9-14/h6-8H,4-5,9,14H2,1-3H3,(H,15,17). The number of hydrogen-bond donors (Lipinski definition) is 2. The first-order valence-corrected chi connectivity index (χ1v) is 6.10. The molecule has 0 bridgehead atoms. The number of ether oxygens (including phenoxy) is 1. The molecular weight excluding hydrogens is 230 g/mol. The van der Waals surface area contributed by atoms with Gasteiger partial charge in [0, 0.05) is 31.4 Å². The average molecular weight is 251 g/mol. The summed E-state index contributed by atoms with van der Waals surface area (Å²) >= 11 is 0. The molecule has 0 fully saturated rings. The molecule has 0 aliphatic carbocycles. The van der Waals surface area contributed by atoms with Crippen LogP contribution in [-0.2, 0) is 6.54 Å². The van der Waals surface area contributed by atoms with E-state index in [9.17, 15) is 4.79 Å². The van der Waals surface area contributed by atoms with E-state index in [0.29, 0.717) is 19.7 Å². The summed E-state index contributed by atoms with van der Waals surface area (Å²) in [5.41, 5.74) is 7.27. The van der Waals surface area contributed by atoms with Gasteiger partial charge in [-0.2, -0.15) is 0 Å². The lowest BCUT2D eigenvalue weighted by Crippen LogP contribution is -2.30. The van der Waals surface area contributed by atoms with E-state index in [0.717, 1.165) is 17.0 Å². The Morgan fingerprint density at radius 3 is 2.72 bits per heavy atom. The zero-order chi connectivity index (χ0) is 13.5. The normalized spacial score (nSPS) is 10.0. The second-order valence-corrected chi connectivity index (χ2v) is 3.90. The number of benzene rings is 1. The minimum atomic E-state index is -0.135. The Bertz CT molecular complexity index is 407. The molecule has 0 unspecified atom stereocenters. The molecule has 0 radical (unpaired) electrons. The Kier molecular flexibility index (Phi) is 5.45. The van der Waals surface area contributed by atoms with Crippen LogP contribution in [0.5, 0.6) is 5.75 Å². The van der Waals surface area contributed by atoms with Crippen molar-refractivity contribution in [2.75, 3.05) is 25.5 Å². The second-order valence-electron chi connectivity index (χ2n) is 3.90. The highest BCUT2D eigenvalue weighted by Gasteiger charge is 2.08. The fourth-order valence-electron chi connectivity index (χ4n) is 1.48. The molecule has 2 amide bonds. The Balaban J connectivity index is 2.82. The lowest BCUT2D eigenvalue weighted by atomic mass is 10.2. The zero-order valence-electron chi connectivity index (χ0n) is 11.2. The monoisotopic (exact) mass is 251 g/mol. The minimum absolute atomic E-state index is 0.135. The molecule has 0 aliphatic heterocycles. The van der Waals surface area contributed by atoms with Crippen LogP contribution >= 0.6 is 0 Å². The molecule has 0 spiro atoms. The number of anilines is 1.